The summed E-state index contributed by atoms with van der Waals surface area (Å²) in [6.07, 6.45) is 13.0. The minimum Gasteiger partial charge on any atom is -0.207 e. The van der Waals surface area contributed by atoms with Gasteiger partial charge in [0.15, 0.2) is 0 Å². The largest absolute Gasteiger partial charge is 0.207 e. The molecule has 168 valence electrons. The first-order valence-corrected chi connectivity index (χ1v) is 16.0. The molecule has 0 bridgehead atoms. The van der Waals surface area contributed by atoms with Crippen molar-refractivity contribution in [2.24, 2.45) is 11.8 Å². The molecule has 0 unspecified atom stereocenters. The van der Waals surface area contributed by atoms with Gasteiger partial charge in [-0.3, -0.25) is 0 Å². The van der Waals surface area contributed by atoms with Crippen LogP contribution in [0.5, 0.6) is 0 Å². The maximum Gasteiger partial charge on any atom is 0.123 e. The number of halogens is 1. The highest BCUT2D eigenvalue weighted by Gasteiger charge is 2.36. The summed E-state index contributed by atoms with van der Waals surface area (Å²) >= 11 is 0. The molecule has 1 heterocycles. The monoisotopic (exact) mass is 436 g/mol. The third-order valence-electron chi connectivity index (χ3n) is 8.62. The zero-order valence-corrected chi connectivity index (χ0v) is 20.7. The van der Waals surface area contributed by atoms with Gasteiger partial charge in [-0.1, -0.05) is 100 Å². The average molecular weight is 437 g/mol. The molecule has 1 aliphatic heterocycles. The highest BCUT2D eigenvalue weighted by atomic mass is 28.3. The van der Waals surface area contributed by atoms with Gasteiger partial charge in [-0.2, -0.15) is 0 Å². The van der Waals surface area contributed by atoms with E-state index in [1.54, 1.807) is 30.3 Å². The van der Waals surface area contributed by atoms with E-state index in [2.05, 4.69) is 37.7 Å². The molecule has 0 N–H and O–H groups in total. The minimum atomic E-state index is -0.903. The van der Waals surface area contributed by atoms with Crippen molar-refractivity contribution in [2.75, 3.05) is 0 Å². The summed E-state index contributed by atoms with van der Waals surface area (Å²) < 4.78 is 13.2. The maximum atomic E-state index is 13.2. The number of hydrogen-bond donors (Lipinski definition) is 0. The molecule has 1 aliphatic carbocycles. The van der Waals surface area contributed by atoms with Gasteiger partial charge >= 0.3 is 0 Å². The van der Waals surface area contributed by atoms with Crippen LogP contribution in [0.2, 0.25) is 24.7 Å². The van der Waals surface area contributed by atoms with E-state index in [1.165, 1.54) is 68.9 Å². The van der Waals surface area contributed by atoms with Crippen molar-refractivity contribution in [1.82, 2.24) is 0 Å². The van der Waals surface area contributed by atoms with Crippen LogP contribution in [0.25, 0.3) is 11.1 Å². The zero-order valence-electron chi connectivity index (χ0n) is 19.7. The van der Waals surface area contributed by atoms with Crippen molar-refractivity contribution < 1.29 is 4.39 Å². The fourth-order valence-electron chi connectivity index (χ4n) is 6.37. The van der Waals surface area contributed by atoms with Gasteiger partial charge < -0.3 is 0 Å². The number of hydrogen-bond acceptors (Lipinski definition) is 0. The number of unbranched alkanes of at least 4 members (excludes halogenated alkanes) is 2. The van der Waals surface area contributed by atoms with Crippen LogP contribution < -0.4 is 0 Å². The van der Waals surface area contributed by atoms with E-state index >= 15 is 0 Å². The van der Waals surface area contributed by atoms with Crippen molar-refractivity contribution in [1.29, 1.82) is 0 Å². The van der Waals surface area contributed by atoms with Gasteiger partial charge in [0.2, 0.25) is 0 Å². The Hall–Kier alpha value is -1.41. The molecule has 0 nitrogen and oxygen atoms in total. The molecule has 31 heavy (non-hydrogen) atoms. The number of benzene rings is 2. The SMILES string of the molecule is CCCCC[Si]1(C)CCC(C2CCC(c3ccc(-c4ccc(F)cc4)cc3)CC2)CC1. The molecule has 2 aromatic rings. The van der Waals surface area contributed by atoms with Gasteiger partial charge in [-0.15, -0.1) is 0 Å². The summed E-state index contributed by atoms with van der Waals surface area (Å²) in [6, 6.07) is 20.7. The third-order valence-corrected chi connectivity index (χ3v) is 13.2. The van der Waals surface area contributed by atoms with E-state index in [4.69, 9.17) is 0 Å². The summed E-state index contributed by atoms with van der Waals surface area (Å²) in [4.78, 5) is 0. The summed E-state index contributed by atoms with van der Waals surface area (Å²) in [5.41, 5.74) is 3.79. The van der Waals surface area contributed by atoms with Crippen LogP contribution in [0.15, 0.2) is 48.5 Å². The van der Waals surface area contributed by atoms with Crippen LogP contribution in [-0.2, 0) is 0 Å². The van der Waals surface area contributed by atoms with E-state index in [0.29, 0.717) is 0 Å². The zero-order chi connectivity index (χ0) is 21.7. The Morgan fingerprint density at radius 1 is 0.742 bits per heavy atom. The molecule has 1 saturated heterocycles. The second-order valence-corrected chi connectivity index (χ2v) is 16.0. The molecule has 0 spiro atoms. The van der Waals surface area contributed by atoms with E-state index in [1.807, 2.05) is 12.1 Å². The van der Waals surface area contributed by atoms with Crippen LogP contribution in [0, 0.1) is 17.7 Å². The molecule has 2 aromatic carbocycles. The lowest BCUT2D eigenvalue weighted by Gasteiger charge is -2.41. The van der Waals surface area contributed by atoms with Crippen LogP contribution in [-0.4, -0.2) is 8.07 Å². The summed E-state index contributed by atoms with van der Waals surface area (Å²) in [5, 5.41) is 0. The van der Waals surface area contributed by atoms with Crippen molar-refractivity contribution in [3.8, 4) is 11.1 Å². The van der Waals surface area contributed by atoms with Gasteiger partial charge in [-0.25, -0.2) is 4.39 Å². The first-order chi connectivity index (χ1) is 15.1. The first kappa shape index (κ1) is 22.8. The maximum absolute atomic E-state index is 13.2. The Morgan fingerprint density at radius 2 is 1.29 bits per heavy atom. The molecule has 4 rings (SSSR count). The van der Waals surface area contributed by atoms with Gasteiger partial charge in [0.25, 0.3) is 0 Å². The standard InChI is InChI=1S/C29H41FSi/c1-3-4-5-20-31(2)21-18-28(19-22-31)26-12-10-24(11-13-26)23-6-8-25(9-7-23)27-14-16-29(30)17-15-27/h6-9,14-17,24,26,28H,3-5,10-13,18-22H2,1-2H3. The Labute approximate surface area is 190 Å². The van der Waals surface area contributed by atoms with Crippen LogP contribution >= 0.6 is 0 Å². The fourth-order valence-corrected chi connectivity index (χ4v) is 10.4. The molecule has 2 fully saturated rings. The van der Waals surface area contributed by atoms with Crippen molar-refractivity contribution >= 4 is 8.07 Å². The predicted octanol–water partition coefficient (Wildman–Crippen LogP) is 9.45. The summed E-state index contributed by atoms with van der Waals surface area (Å²) in [6.45, 7) is 5.03. The molecule has 0 amide bonds. The van der Waals surface area contributed by atoms with Gasteiger partial charge in [0.1, 0.15) is 5.82 Å². The smallest absolute Gasteiger partial charge is 0.123 e. The topological polar surface area (TPSA) is 0 Å². The fraction of sp³-hybridized carbons (Fsp3) is 0.586. The van der Waals surface area contributed by atoms with E-state index < -0.39 is 8.07 Å². The molecule has 0 radical (unpaired) electrons. The third kappa shape index (κ3) is 5.89. The molecule has 2 heteroatoms. The molecular weight excluding hydrogens is 395 g/mol. The highest BCUT2D eigenvalue weighted by molar-refractivity contribution is 6.78. The normalized spacial score (nSPS) is 29.1. The van der Waals surface area contributed by atoms with Gasteiger partial charge in [0, 0.05) is 0 Å². The Morgan fingerprint density at radius 3 is 1.87 bits per heavy atom. The van der Waals surface area contributed by atoms with E-state index in [0.717, 1.165) is 23.3 Å². The second-order valence-electron chi connectivity index (χ2n) is 10.8. The minimum absolute atomic E-state index is 0.168. The average Bonchev–Trinajstić information content (AvgIpc) is 2.81. The Kier molecular flexibility index (Phi) is 7.69. The lowest BCUT2D eigenvalue weighted by Crippen LogP contribution is -2.37. The molecular formula is C29H41FSi. The Bertz CT molecular complexity index is 794. The molecule has 2 aliphatic rings. The predicted molar refractivity (Wildman–Crippen MR) is 135 cm³/mol. The van der Waals surface area contributed by atoms with Crippen LogP contribution in [0.4, 0.5) is 4.39 Å². The molecule has 0 atom stereocenters. The van der Waals surface area contributed by atoms with E-state index in [9.17, 15) is 4.39 Å². The van der Waals surface area contributed by atoms with Gasteiger partial charge in [-0.05, 0) is 72.3 Å². The van der Waals surface area contributed by atoms with Gasteiger partial charge in [0.05, 0.1) is 8.07 Å². The first-order valence-electron chi connectivity index (χ1n) is 12.9. The Balaban J connectivity index is 1.26. The lowest BCUT2D eigenvalue weighted by atomic mass is 9.72. The highest BCUT2D eigenvalue weighted by Crippen LogP contribution is 2.46. The second kappa shape index (κ2) is 10.5. The summed E-state index contributed by atoms with van der Waals surface area (Å²) in [7, 11) is -0.903. The van der Waals surface area contributed by atoms with Crippen molar-refractivity contribution in [3.05, 3.63) is 59.9 Å². The van der Waals surface area contributed by atoms with E-state index in [-0.39, 0.29) is 5.82 Å². The van der Waals surface area contributed by atoms with Crippen molar-refractivity contribution in [3.63, 3.8) is 0 Å². The quantitative estimate of drug-likeness (QED) is 0.299. The van der Waals surface area contributed by atoms with Crippen molar-refractivity contribution in [2.45, 2.75) is 95.3 Å². The van der Waals surface area contributed by atoms with Crippen LogP contribution in [0.1, 0.15) is 76.2 Å². The summed E-state index contributed by atoms with van der Waals surface area (Å²) in [5.74, 6) is 2.58. The molecule has 1 saturated carbocycles. The lowest BCUT2D eigenvalue weighted by molar-refractivity contribution is 0.215. The van der Waals surface area contributed by atoms with Crippen LogP contribution in [0.3, 0.4) is 0 Å². The molecule has 0 aromatic heterocycles. The number of rotatable bonds is 7.